The minimum atomic E-state index is -0.0882. The first-order valence-electron chi connectivity index (χ1n) is 6.12. The predicted molar refractivity (Wildman–Crippen MR) is 74.8 cm³/mol. The maximum absolute atomic E-state index is 11.6. The molecular weight excluding hydrogens is 250 g/mol. The highest BCUT2D eigenvalue weighted by molar-refractivity contribution is 8.00. The third-order valence-electron chi connectivity index (χ3n) is 2.47. The van der Waals surface area contributed by atoms with Crippen molar-refractivity contribution in [3.63, 3.8) is 0 Å². The first-order valence-corrected chi connectivity index (χ1v) is 7.28. The molecule has 0 aromatic carbocycles. The van der Waals surface area contributed by atoms with Gasteiger partial charge >= 0.3 is 0 Å². The Bertz CT molecular complexity index is 379. The molecular formula is C12H21N3O2S. The van der Waals surface area contributed by atoms with Gasteiger partial charge in [0.1, 0.15) is 0 Å². The number of aromatic nitrogens is 1. The normalized spacial score (nSPS) is 12.7. The van der Waals surface area contributed by atoms with Crippen LogP contribution in [0, 0.1) is 0 Å². The van der Waals surface area contributed by atoms with Crippen LogP contribution in [0.15, 0.2) is 10.6 Å². The third-order valence-corrected chi connectivity index (χ3v) is 3.60. The van der Waals surface area contributed by atoms with Crippen LogP contribution in [0.25, 0.3) is 0 Å². The Morgan fingerprint density at radius 1 is 1.61 bits per heavy atom. The molecule has 0 fully saturated rings. The fourth-order valence-electron chi connectivity index (χ4n) is 1.21. The summed E-state index contributed by atoms with van der Waals surface area (Å²) in [6.45, 7) is 6.07. The van der Waals surface area contributed by atoms with Gasteiger partial charge < -0.3 is 10.3 Å². The quantitative estimate of drug-likeness (QED) is 0.794. The molecule has 1 aromatic heterocycles. The topological polar surface area (TPSA) is 81.2 Å². The van der Waals surface area contributed by atoms with Crippen molar-refractivity contribution in [3.05, 3.63) is 11.8 Å². The summed E-state index contributed by atoms with van der Waals surface area (Å²) in [4.78, 5) is 11.6. The monoisotopic (exact) mass is 271 g/mol. The molecule has 0 aliphatic carbocycles. The zero-order valence-electron chi connectivity index (χ0n) is 11.1. The molecule has 1 amide bonds. The second-order valence-corrected chi connectivity index (χ2v) is 5.53. The van der Waals surface area contributed by atoms with Crippen LogP contribution in [-0.4, -0.2) is 28.6 Å². The summed E-state index contributed by atoms with van der Waals surface area (Å²) < 4.78 is 5.03. The molecule has 6 heteroatoms. The van der Waals surface area contributed by atoms with Crippen LogP contribution >= 0.6 is 11.8 Å². The fraction of sp³-hybridized carbons (Fsp3) is 0.667. The summed E-state index contributed by atoms with van der Waals surface area (Å²) in [6.07, 6.45) is 0.925. The van der Waals surface area contributed by atoms with Crippen LogP contribution in [0.1, 0.15) is 38.8 Å². The van der Waals surface area contributed by atoms with Gasteiger partial charge in [0, 0.05) is 17.9 Å². The molecule has 3 N–H and O–H groups in total. The Morgan fingerprint density at radius 2 is 2.33 bits per heavy atom. The van der Waals surface area contributed by atoms with Crippen LogP contribution in [0.4, 0.5) is 5.88 Å². The molecule has 0 aliphatic heterocycles. The molecule has 18 heavy (non-hydrogen) atoms. The van der Waals surface area contributed by atoms with Crippen molar-refractivity contribution >= 4 is 23.6 Å². The molecule has 1 rings (SSSR count). The van der Waals surface area contributed by atoms with Gasteiger partial charge in [-0.1, -0.05) is 25.9 Å². The van der Waals surface area contributed by atoms with Crippen LogP contribution in [0.2, 0.25) is 0 Å². The SMILES string of the molecule is CCC(N)CSCC(=O)Nc1cc(C(C)C)no1. The van der Waals surface area contributed by atoms with Gasteiger partial charge in [0.2, 0.25) is 11.8 Å². The van der Waals surface area contributed by atoms with Gasteiger partial charge in [-0.25, -0.2) is 0 Å². The van der Waals surface area contributed by atoms with Crippen molar-refractivity contribution in [1.29, 1.82) is 0 Å². The highest BCUT2D eigenvalue weighted by Gasteiger charge is 2.10. The molecule has 0 saturated heterocycles. The van der Waals surface area contributed by atoms with E-state index in [9.17, 15) is 4.79 Å². The first-order chi connectivity index (χ1) is 8.52. The van der Waals surface area contributed by atoms with Gasteiger partial charge in [0.05, 0.1) is 11.4 Å². The zero-order valence-corrected chi connectivity index (χ0v) is 11.9. The molecule has 5 nitrogen and oxygen atoms in total. The standard InChI is InChI=1S/C12H21N3O2S/c1-4-9(13)6-18-7-11(16)14-12-5-10(8(2)3)15-17-12/h5,8-9H,4,6-7,13H2,1-3H3,(H,14,16). The lowest BCUT2D eigenvalue weighted by Gasteiger charge is -2.07. The van der Waals surface area contributed by atoms with E-state index in [4.69, 9.17) is 10.3 Å². The summed E-state index contributed by atoms with van der Waals surface area (Å²) in [7, 11) is 0. The van der Waals surface area contributed by atoms with Crippen molar-refractivity contribution in [1.82, 2.24) is 5.16 Å². The minimum Gasteiger partial charge on any atom is -0.338 e. The van der Waals surface area contributed by atoms with Gasteiger partial charge in [-0.2, -0.15) is 11.8 Å². The van der Waals surface area contributed by atoms with Crippen LogP contribution in [0.5, 0.6) is 0 Å². The van der Waals surface area contributed by atoms with Crippen molar-refractivity contribution < 1.29 is 9.32 Å². The average Bonchev–Trinajstić information content (AvgIpc) is 2.77. The van der Waals surface area contributed by atoms with Gasteiger partial charge in [-0.15, -0.1) is 0 Å². The number of anilines is 1. The van der Waals surface area contributed by atoms with Crippen molar-refractivity contribution in [2.24, 2.45) is 5.73 Å². The molecule has 1 atom stereocenters. The van der Waals surface area contributed by atoms with E-state index < -0.39 is 0 Å². The van der Waals surface area contributed by atoms with Gasteiger partial charge in [-0.05, 0) is 12.3 Å². The molecule has 0 radical (unpaired) electrons. The average molecular weight is 271 g/mol. The summed E-state index contributed by atoms with van der Waals surface area (Å²) >= 11 is 1.53. The van der Waals surface area contributed by atoms with Crippen molar-refractivity contribution in [3.8, 4) is 0 Å². The number of nitrogens with zero attached hydrogens (tertiary/aromatic N) is 1. The molecule has 102 valence electrons. The Labute approximate surface area is 112 Å². The second-order valence-electron chi connectivity index (χ2n) is 4.50. The fourth-order valence-corrected chi connectivity index (χ4v) is 2.13. The molecule has 1 heterocycles. The first kappa shape index (κ1) is 15.0. The molecule has 0 saturated carbocycles. The molecule has 1 aromatic rings. The summed E-state index contributed by atoms with van der Waals surface area (Å²) in [6, 6.07) is 1.91. The highest BCUT2D eigenvalue weighted by Crippen LogP contribution is 2.17. The number of amides is 1. The zero-order chi connectivity index (χ0) is 13.5. The minimum absolute atomic E-state index is 0.0882. The highest BCUT2D eigenvalue weighted by atomic mass is 32.2. The van der Waals surface area contributed by atoms with E-state index in [-0.39, 0.29) is 17.9 Å². The van der Waals surface area contributed by atoms with Crippen LogP contribution in [-0.2, 0) is 4.79 Å². The number of rotatable bonds is 7. The molecule has 1 unspecified atom stereocenters. The Balaban J connectivity index is 2.31. The largest absolute Gasteiger partial charge is 0.338 e. The Kier molecular flexibility index (Phi) is 6.21. The second kappa shape index (κ2) is 7.43. The number of carbonyl (C=O) groups is 1. The lowest BCUT2D eigenvalue weighted by molar-refractivity contribution is -0.113. The smallest absolute Gasteiger partial charge is 0.236 e. The number of carbonyl (C=O) groups excluding carboxylic acids is 1. The Hall–Kier alpha value is -1.01. The maximum atomic E-state index is 11.6. The van der Waals surface area contributed by atoms with Crippen LogP contribution < -0.4 is 11.1 Å². The Morgan fingerprint density at radius 3 is 2.89 bits per heavy atom. The predicted octanol–water partition coefficient (Wildman–Crippen LogP) is 2.21. The number of nitrogens with two attached hydrogens (primary N) is 1. The van der Waals surface area contributed by atoms with E-state index in [0.717, 1.165) is 17.9 Å². The van der Waals surface area contributed by atoms with Crippen molar-refractivity contribution in [2.45, 2.75) is 39.2 Å². The lowest BCUT2D eigenvalue weighted by Crippen LogP contribution is -2.23. The molecule has 0 spiro atoms. The summed E-state index contributed by atoms with van der Waals surface area (Å²) in [5.41, 5.74) is 6.61. The van der Waals surface area contributed by atoms with Crippen molar-refractivity contribution in [2.75, 3.05) is 16.8 Å². The lowest BCUT2D eigenvalue weighted by atomic mass is 10.1. The van der Waals surface area contributed by atoms with E-state index in [1.54, 1.807) is 6.07 Å². The number of nitrogens with one attached hydrogen (secondary N) is 1. The number of hydrogen-bond donors (Lipinski definition) is 2. The van der Waals surface area contributed by atoms with E-state index >= 15 is 0 Å². The number of hydrogen-bond acceptors (Lipinski definition) is 5. The van der Waals surface area contributed by atoms with Crippen LogP contribution in [0.3, 0.4) is 0 Å². The van der Waals surface area contributed by atoms with E-state index in [2.05, 4.69) is 10.5 Å². The van der Waals surface area contributed by atoms with Gasteiger partial charge in [0.15, 0.2) is 0 Å². The van der Waals surface area contributed by atoms with E-state index in [1.165, 1.54) is 11.8 Å². The van der Waals surface area contributed by atoms with Gasteiger partial charge in [-0.3, -0.25) is 10.1 Å². The summed E-state index contributed by atoms with van der Waals surface area (Å²) in [5.74, 6) is 1.78. The summed E-state index contributed by atoms with van der Waals surface area (Å²) in [5, 5.41) is 6.55. The number of thioether (sulfide) groups is 1. The maximum Gasteiger partial charge on any atom is 0.236 e. The third kappa shape index (κ3) is 5.10. The molecule has 0 aliphatic rings. The van der Waals surface area contributed by atoms with Gasteiger partial charge in [0.25, 0.3) is 0 Å². The molecule has 0 bridgehead atoms. The van der Waals surface area contributed by atoms with E-state index in [1.807, 2.05) is 20.8 Å². The van der Waals surface area contributed by atoms with E-state index in [0.29, 0.717) is 11.6 Å².